The molecule has 0 saturated carbocycles. The van der Waals surface area contributed by atoms with Crippen molar-refractivity contribution >= 4 is 33.1 Å². The summed E-state index contributed by atoms with van der Waals surface area (Å²) in [5.41, 5.74) is 3.84. The number of ketones is 1. The fourth-order valence-corrected chi connectivity index (χ4v) is 2.95. The molecule has 1 aromatic carbocycles. The highest BCUT2D eigenvalue weighted by molar-refractivity contribution is 9.10. The van der Waals surface area contributed by atoms with E-state index in [1.807, 2.05) is 28.8 Å². The van der Waals surface area contributed by atoms with Gasteiger partial charge in [-0.25, -0.2) is 4.98 Å². The Kier molecular flexibility index (Phi) is 4.49. The molecule has 24 heavy (non-hydrogen) atoms. The number of carbonyl (C=O) groups is 1. The monoisotopic (exact) mass is 385 g/mol. The fourth-order valence-electron chi connectivity index (χ4n) is 2.61. The molecule has 0 fully saturated rings. The highest BCUT2D eigenvalue weighted by Crippen LogP contribution is 2.25. The Morgan fingerprint density at radius 1 is 1.29 bits per heavy atom. The SMILES string of the molecule is C/N=C(\c1ccc(C(C)=O)cc1OC)c1cnc2ccc(Br)cn12. The number of imidazole rings is 1. The van der Waals surface area contributed by atoms with Crippen LogP contribution in [0.1, 0.15) is 28.5 Å². The predicted octanol–water partition coefficient (Wildman–Crippen LogP) is 3.78. The summed E-state index contributed by atoms with van der Waals surface area (Å²) in [5, 5.41) is 0. The Morgan fingerprint density at radius 3 is 2.75 bits per heavy atom. The number of nitrogens with zero attached hydrogens (tertiary/aromatic N) is 3. The summed E-state index contributed by atoms with van der Waals surface area (Å²) < 4.78 is 8.39. The molecule has 3 aromatic rings. The molecule has 0 aliphatic heterocycles. The number of carbonyl (C=O) groups excluding carboxylic acids is 1. The van der Waals surface area contributed by atoms with E-state index < -0.39 is 0 Å². The van der Waals surface area contributed by atoms with Crippen LogP contribution in [-0.4, -0.2) is 35.0 Å². The van der Waals surface area contributed by atoms with E-state index >= 15 is 0 Å². The number of aromatic nitrogens is 2. The third-order valence-electron chi connectivity index (χ3n) is 3.80. The Morgan fingerprint density at radius 2 is 2.08 bits per heavy atom. The highest BCUT2D eigenvalue weighted by atomic mass is 79.9. The zero-order valence-corrected chi connectivity index (χ0v) is 15.2. The minimum absolute atomic E-state index is 0.00595. The van der Waals surface area contributed by atoms with Crippen LogP contribution in [0.5, 0.6) is 5.75 Å². The van der Waals surface area contributed by atoms with Crippen LogP contribution >= 0.6 is 15.9 Å². The zero-order valence-electron chi connectivity index (χ0n) is 13.6. The lowest BCUT2D eigenvalue weighted by Gasteiger charge is -2.12. The number of halogens is 1. The maximum Gasteiger partial charge on any atom is 0.159 e. The van der Waals surface area contributed by atoms with Gasteiger partial charge in [0.05, 0.1) is 24.7 Å². The number of methoxy groups -OCH3 is 1. The van der Waals surface area contributed by atoms with Crippen LogP contribution in [-0.2, 0) is 0 Å². The van der Waals surface area contributed by atoms with Gasteiger partial charge in [-0.1, -0.05) is 6.07 Å². The van der Waals surface area contributed by atoms with Gasteiger partial charge in [0.15, 0.2) is 5.78 Å². The summed E-state index contributed by atoms with van der Waals surface area (Å²) in [7, 11) is 3.31. The standard InChI is InChI=1S/C18H16BrN3O2/c1-11(23)12-4-6-14(16(8-12)24-3)18(20-2)15-9-21-17-7-5-13(19)10-22(15)17/h4-10H,1-3H3/b20-18+. The molecule has 6 heteroatoms. The summed E-state index contributed by atoms with van der Waals surface area (Å²) in [6.07, 6.45) is 3.72. The Labute approximate surface area is 148 Å². The quantitative estimate of drug-likeness (QED) is 0.507. The van der Waals surface area contributed by atoms with E-state index in [0.717, 1.165) is 27.1 Å². The Balaban J connectivity index is 2.19. The average molecular weight is 386 g/mol. The zero-order chi connectivity index (χ0) is 17.3. The molecule has 2 heterocycles. The maximum atomic E-state index is 11.6. The van der Waals surface area contributed by atoms with Crippen LogP contribution in [0.2, 0.25) is 0 Å². The Bertz CT molecular complexity index is 960. The summed E-state index contributed by atoms with van der Waals surface area (Å²) in [4.78, 5) is 20.5. The Hall–Kier alpha value is -2.47. The highest BCUT2D eigenvalue weighted by Gasteiger charge is 2.17. The van der Waals surface area contributed by atoms with E-state index in [0.29, 0.717) is 11.3 Å². The van der Waals surface area contributed by atoms with Crippen LogP contribution in [0.25, 0.3) is 5.65 Å². The lowest BCUT2D eigenvalue weighted by molar-refractivity contribution is 0.101. The summed E-state index contributed by atoms with van der Waals surface area (Å²) in [5.74, 6) is 0.599. The molecule has 5 nitrogen and oxygen atoms in total. The molecule has 0 amide bonds. The number of benzene rings is 1. The second kappa shape index (κ2) is 6.57. The van der Waals surface area contributed by atoms with Crippen molar-refractivity contribution in [2.45, 2.75) is 6.92 Å². The van der Waals surface area contributed by atoms with Gasteiger partial charge in [0.2, 0.25) is 0 Å². The molecular weight excluding hydrogens is 370 g/mol. The molecule has 0 spiro atoms. The average Bonchev–Trinajstić information content (AvgIpc) is 2.98. The van der Waals surface area contributed by atoms with E-state index in [2.05, 4.69) is 25.9 Å². The van der Waals surface area contributed by atoms with Gasteiger partial charge >= 0.3 is 0 Å². The second-order valence-corrected chi connectivity index (χ2v) is 6.18. The van der Waals surface area contributed by atoms with Gasteiger partial charge in [-0.15, -0.1) is 0 Å². The number of pyridine rings is 1. The van der Waals surface area contributed by atoms with Crippen molar-refractivity contribution in [3.63, 3.8) is 0 Å². The van der Waals surface area contributed by atoms with Gasteiger partial charge in [0.25, 0.3) is 0 Å². The first-order chi connectivity index (χ1) is 11.5. The molecular formula is C18H16BrN3O2. The lowest BCUT2D eigenvalue weighted by Crippen LogP contribution is -2.09. The third-order valence-corrected chi connectivity index (χ3v) is 4.27. The first-order valence-electron chi connectivity index (χ1n) is 7.34. The largest absolute Gasteiger partial charge is 0.496 e. The van der Waals surface area contributed by atoms with Gasteiger partial charge in [-0.05, 0) is 47.1 Å². The van der Waals surface area contributed by atoms with Gasteiger partial charge in [-0.3, -0.25) is 14.2 Å². The van der Waals surface area contributed by atoms with Crippen molar-refractivity contribution in [3.05, 3.63) is 64.0 Å². The van der Waals surface area contributed by atoms with Crippen molar-refractivity contribution < 1.29 is 9.53 Å². The van der Waals surface area contributed by atoms with Crippen LogP contribution < -0.4 is 4.74 Å². The first-order valence-corrected chi connectivity index (χ1v) is 8.13. The molecule has 122 valence electrons. The van der Waals surface area contributed by atoms with E-state index in [4.69, 9.17) is 4.74 Å². The number of hydrogen-bond donors (Lipinski definition) is 0. The predicted molar refractivity (Wildman–Crippen MR) is 97.5 cm³/mol. The molecule has 0 aliphatic rings. The minimum atomic E-state index is -0.00595. The number of rotatable bonds is 4. The van der Waals surface area contributed by atoms with Crippen molar-refractivity contribution in [1.29, 1.82) is 0 Å². The van der Waals surface area contributed by atoms with Crippen LogP contribution in [0.4, 0.5) is 0 Å². The van der Waals surface area contributed by atoms with Crippen molar-refractivity contribution in [1.82, 2.24) is 9.38 Å². The molecule has 0 aliphatic carbocycles. The maximum absolute atomic E-state index is 11.6. The summed E-state index contributed by atoms with van der Waals surface area (Å²) >= 11 is 3.48. The van der Waals surface area contributed by atoms with Gasteiger partial charge in [-0.2, -0.15) is 0 Å². The fraction of sp³-hybridized carbons (Fsp3) is 0.167. The molecule has 0 unspecified atom stereocenters. The summed E-state index contributed by atoms with van der Waals surface area (Å²) in [6, 6.07) is 9.25. The number of fused-ring (bicyclic) bond motifs is 1. The van der Waals surface area contributed by atoms with Crippen LogP contribution in [0, 0.1) is 0 Å². The number of ether oxygens (including phenoxy) is 1. The van der Waals surface area contributed by atoms with Gasteiger partial charge < -0.3 is 4.74 Å². The first kappa shape index (κ1) is 16.4. The topological polar surface area (TPSA) is 56.0 Å². The molecule has 3 rings (SSSR count). The van der Waals surface area contributed by atoms with Crippen molar-refractivity contribution in [3.8, 4) is 5.75 Å². The van der Waals surface area contributed by atoms with E-state index in [1.54, 1.807) is 32.5 Å². The number of aliphatic imine (C=N–C) groups is 1. The molecule has 2 aromatic heterocycles. The van der Waals surface area contributed by atoms with Crippen LogP contribution in [0.3, 0.4) is 0 Å². The molecule has 0 saturated heterocycles. The smallest absolute Gasteiger partial charge is 0.159 e. The minimum Gasteiger partial charge on any atom is -0.496 e. The van der Waals surface area contributed by atoms with E-state index in [1.165, 1.54) is 6.92 Å². The van der Waals surface area contributed by atoms with Crippen molar-refractivity contribution in [2.75, 3.05) is 14.2 Å². The number of hydrogen-bond acceptors (Lipinski definition) is 4. The molecule has 0 N–H and O–H groups in total. The van der Waals surface area contributed by atoms with E-state index in [-0.39, 0.29) is 5.78 Å². The van der Waals surface area contributed by atoms with E-state index in [9.17, 15) is 4.79 Å². The molecule has 0 atom stereocenters. The normalized spacial score (nSPS) is 11.8. The van der Waals surface area contributed by atoms with Gasteiger partial charge in [0.1, 0.15) is 11.4 Å². The third kappa shape index (κ3) is 2.85. The van der Waals surface area contributed by atoms with Crippen molar-refractivity contribution in [2.24, 2.45) is 4.99 Å². The molecule has 0 radical (unpaired) electrons. The number of Topliss-reactive ketones (excluding diaryl/α,β-unsaturated/α-hetero) is 1. The lowest BCUT2D eigenvalue weighted by atomic mass is 10.0. The van der Waals surface area contributed by atoms with Crippen LogP contribution in [0.15, 0.2) is 52.2 Å². The summed E-state index contributed by atoms with van der Waals surface area (Å²) in [6.45, 7) is 1.53. The van der Waals surface area contributed by atoms with Gasteiger partial charge in [0, 0.05) is 28.8 Å². The second-order valence-electron chi connectivity index (χ2n) is 5.26. The molecule has 0 bridgehead atoms.